The van der Waals surface area contributed by atoms with Crippen LogP contribution in [0, 0.1) is 41.9 Å². The molecule has 20 nitrogen and oxygen atoms in total. The van der Waals surface area contributed by atoms with Gasteiger partial charge in [0.15, 0.2) is 0 Å². The summed E-state index contributed by atoms with van der Waals surface area (Å²) in [4.78, 5) is 144. The van der Waals surface area contributed by atoms with E-state index < -0.39 is 99.2 Å². The molecule has 0 radical (unpaired) electrons. The zero-order valence-corrected chi connectivity index (χ0v) is 49.6. The predicted octanol–water partition coefficient (Wildman–Crippen LogP) is 5.24. The summed E-state index contributed by atoms with van der Waals surface area (Å²) in [6.07, 6.45) is 8.62. The van der Waals surface area contributed by atoms with Crippen molar-refractivity contribution in [1.82, 2.24) is 19.6 Å². The van der Waals surface area contributed by atoms with Crippen molar-refractivity contribution in [2.45, 2.75) is 162 Å². The number of halogens is 2. The Hall–Kier alpha value is -6.53. The molecule has 2 aromatic carbocycles. The minimum Gasteiger partial charge on any atom is -0.480 e. The van der Waals surface area contributed by atoms with Crippen LogP contribution in [-0.4, -0.2) is 144 Å². The second-order valence-electron chi connectivity index (χ2n) is 22.4. The molecule has 2 aliphatic carbocycles. The normalized spacial score (nSPS) is 19.5. The first-order valence-corrected chi connectivity index (χ1v) is 27.5. The average Bonchev–Trinajstić information content (AvgIpc) is 4.50. The Labute approximate surface area is 500 Å². The summed E-state index contributed by atoms with van der Waals surface area (Å²) >= 11 is 10.9. The number of piperidine rings is 2. The van der Waals surface area contributed by atoms with E-state index in [9.17, 15) is 57.8 Å². The molecule has 2 saturated carbocycles. The van der Waals surface area contributed by atoms with Crippen LogP contribution in [0.1, 0.15) is 174 Å². The van der Waals surface area contributed by atoms with Crippen molar-refractivity contribution in [1.29, 1.82) is 0 Å². The van der Waals surface area contributed by atoms with Crippen molar-refractivity contribution in [2.75, 3.05) is 25.0 Å². The number of fused-ring (bicyclic) bond motifs is 2. The fraction of sp³-hybridized carbons (Fsp3) is 0.525. The third-order valence-corrected chi connectivity index (χ3v) is 13.8. The van der Waals surface area contributed by atoms with Gasteiger partial charge in [-0.05, 0) is 125 Å². The molecule has 2 aromatic rings. The Morgan fingerprint density at radius 1 is 0.695 bits per heavy atom. The van der Waals surface area contributed by atoms with E-state index >= 15 is 0 Å². The molecular weight excluding hydrogens is 1100 g/mol. The molecule has 0 bridgehead atoms. The fourth-order valence-corrected chi connectivity index (χ4v) is 9.44. The van der Waals surface area contributed by atoms with Crippen molar-refractivity contribution < 1.29 is 95.7 Å². The molecule has 1 N–H and O–H groups in total. The number of hydrogen-bond acceptors (Lipinski definition) is 16. The number of alkyl halides is 2. The fourth-order valence-electron chi connectivity index (χ4n) is 8.94. The Bertz CT molecular complexity index is 2970. The summed E-state index contributed by atoms with van der Waals surface area (Å²) in [5, 5.41) is 10.1. The monoisotopic (exact) mass is 1170 g/mol. The van der Waals surface area contributed by atoms with E-state index in [1.807, 2.05) is 0 Å². The van der Waals surface area contributed by atoms with Crippen LogP contribution in [0.15, 0.2) is 36.4 Å². The van der Waals surface area contributed by atoms with Gasteiger partial charge in [0.05, 0.1) is 33.1 Å². The number of unbranched alkanes of at least 4 members (excludes halogenated alkanes) is 1. The quantitative estimate of drug-likeness (QED) is 0.0937. The molecule has 4 aliphatic heterocycles. The van der Waals surface area contributed by atoms with Crippen molar-refractivity contribution in [3.8, 4) is 35.7 Å². The number of carbonyl (C=O) groups excluding carboxylic acids is 11. The molecule has 4 fully saturated rings. The third-order valence-electron chi connectivity index (χ3n) is 13.4. The number of benzene rings is 2. The average molecular weight is 1170 g/mol. The molecule has 3 atom stereocenters. The standard InChI is InChI=1S/C27H29ClN2O8.C23H22N2O7.C5H9ClO.C4H9.Li/c1-25(2,3)38-24(35)30-21(32)17(15-27(10-11-27)23(30)34)29-20(31)16-7-5-8-18(19(16)22(29)33)37-14-6-9-26(4,36)12-13-28;1-5-11-31-15-8-6-7-13-16(15)19(28)24(17(13)26)14-12-23(9-10-23)20(29)25(18(14)27)21(30)32-22(2,3)4;1-5(7)3-2-4-6;1-3-4-2;/h5,7-8,17,36H,10-15H2,1-4H3;1,6-8,14H,9-12H2,2-4H3;2-4H2,1H3;1,3-4H2,2H3;/q;;;-1;+1. The van der Waals surface area contributed by atoms with Gasteiger partial charge in [-0.2, -0.15) is 16.2 Å². The maximum Gasteiger partial charge on any atom is 1.00 e. The van der Waals surface area contributed by atoms with E-state index in [1.165, 1.54) is 43.7 Å². The summed E-state index contributed by atoms with van der Waals surface area (Å²) in [6, 6.07) is 6.30. The van der Waals surface area contributed by atoms with E-state index in [1.54, 1.807) is 54.5 Å². The van der Waals surface area contributed by atoms with Crippen LogP contribution >= 0.6 is 23.2 Å². The first-order valence-electron chi connectivity index (χ1n) is 26.5. The third kappa shape index (κ3) is 15.8. The molecule has 10 amide bonds. The van der Waals surface area contributed by atoms with Crippen LogP contribution in [0.3, 0.4) is 0 Å². The molecular formula is C59H69Cl2LiN4O16. The summed E-state index contributed by atoms with van der Waals surface area (Å²) in [7, 11) is 0. The number of hydrogen-bond donors (Lipinski definition) is 1. The summed E-state index contributed by atoms with van der Waals surface area (Å²) in [5.74, 6) is 2.70. The van der Waals surface area contributed by atoms with Gasteiger partial charge in [0, 0.05) is 24.6 Å². The zero-order chi connectivity index (χ0) is 60.6. The first kappa shape index (κ1) is 68.0. The second-order valence-corrected chi connectivity index (χ2v) is 23.1. The summed E-state index contributed by atoms with van der Waals surface area (Å²) in [6.45, 7) is 18.2. The van der Waals surface area contributed by atoms with Gasteiger partial charge in [0.2, 0.25) is 11.8 Å². The van der Waals surface area contributed by atoms with Crippen molar-refractivity contribution in [3.05, 3.63) is 65.6 Å². The SMILES string of the molecule is C#CCOc1cccc2c1C(=O)N(C1CC3(CC3)C(=O)N(C(=O)OC(C)(C)C)C1=O)C2=O.CC(=O)CCCCl.CC(O)(C#CCOc1cccc2c1C(=O)N(C1CC3(CC3)C(=O)N(C(=O)OC(C)(C)C)C1=O)C2=O)CCCl.[CH2-]CCC.[Li+]. The van der Waals surface area contributed by atoms with E-state index in [0.29, 0.717) is 47.8 Å². The maximum atomic E-state index is 13.5. The largest absolute Gasteiger partial charge is 1.00 e. The van der Waals surface area contributed by atoms with E-state index in [2.05, 4.69) is 31.6 Å². The van der Waals surface area contributed by atoms with Gasteiger partial charge in [-0.15, -0.1) is 29.6 Å². The van der Waals surface area contributed by atoms with Crippen LogP contribution in [0.4, 0.5) is 9.59 Å². The van der Waals surface area contributed by atoms with Crippen LogP contribution in [0.2, 0.25) is 0 Å². The number of carbonyl (C=O) groups is 11. The smallest absolute Gasteiger partial charge is 0.480 e. The predicted molar refractivity (Wildman–Crippen MR) is 295 cm³/mol. The van der Waals surface area contributed by atoms with Gasteiger partial charge in [-0.3, -0.25) is 48.2 Å². The topological polar surface area (TPSA) is 258 Å². The second kappa shape index (κ2) is 27.7. The van der Waals surface area contributed by atoms with E-state index in [-0.39, 0.29) is 96.8 Å². The number of ketones is 1. The molecule has 2 saturated heterocycles. The molecule has 3 unspecified atom stereocenters. The van der Waals surface area contributed by atoms with Gasteiger partial charge >= 0.3 is 31.0 Å². The molecule has 436 valence electrons. The number of terminal acetylenes is 1. The Balaban J connectivity index is 0.000000298. The number of aliphatic hydroxyl groups is 1. The van der Waals surface area contributed by atoms with Crippen LogP contribution in [-0.2, 0) is 33.4 Å². The minimum absolute atomic E-state index is 0. The summed E-state index contributed by atoms with van der Waals surface area (Å²) in [5.41, 5.74) is -5.10. The molecule has 82 heavy (non-hydrogen) atoms. The Kier molecular flexibility index (Phi) is 23.0. The number of likely N-dealkylation sites (tertiary alicyclic amines) is 2. The first-order chi connectivity index (χ1) is 37.9. The van der Waals surface area contributed by atoms with Crippen LogP contribution in [0.5, 0.6) is 11.5 Å². The van der Waals surface area contributed by atoms with E-state index in [0.717, 1.165) is 22.6 Å². The van der Waals surface area contributed by atoms with Crippen molar-refractivity contribution >= 4 is 88.4 Å². The van der Waals surface area contributed by atoms with Gasteiger partial charge in [-0.25, -0.2) is 9.59 Å². The van der Waals surface area contributed by atoms with Crippen molar-refractivity contribution in [2.24, 2.45) is 10.8 Å². The molecule has 6 aliphatic rings. The molecule has 2 spiro atoms. The number of nitrogens with zero attached hydrogens (tertiary/aromatic N) is 4. The number of ether oxygens (including phenoxy) is 4. The zero-order valence-electron chi connectivity index (χ0n) is 48.1. The number of imide groups is 8. The minimum atomic E-state index is -1.35. The van der Waals surface area contributed by atoms with E-state index in [4.69, 9.17) is 48.6 Å². The number of Topliss-reactive ketones (excluding diaryl/α,β-unsaturated/α-hetero) is 1. The molecule has 4 heterocycles. The van der Waals surface area contributed by atoms with Gasteiger partial charge in [0.1, 0.15) is 59.4 Å². The van der Waals surface area contributed by atoms with Crippen LogP contribution in [0.25, 0.3) is 0 Å². The van der Waals surface area contributed by atoms with Crippen molar-refractivity contribution in [3.63, 3.8) is 0 Å². The maximum absolute atomic E-state index is 13.5. The Morgan fingerprint density at radius 3 is 1.41 bits per heavy atom. The Morgan fingerprint density at radius 2 is 1.10 bits per heavy atom. The van der Waals surface area contributed by atoms with Crippen LogP contribution < -0.4 is 28.3 Å². The number of rotatable bonds is 12. The molecule has 23 heteroatoms. The van der Waals surface area contributed by atoms with Gasteiger partial charge < -0.3 is 35.8 Å². The number of amides is 10. The summed E-state index contributed by atoms with van der Waals surface area (Å²) < 4.78 is 21.6. The molecule has 8 rings (SSSR count). The van der Waals surface area contributed by atoms with Gasteiger partial charge in [0.25, 0.3) is 35.4 Å². The van der Waals surface area contributed by atoms with Gasteiger partial charge in [-0.1, -0.05) is 43.2 Å². The molecule has 0 aromatic heterocycles.